The number of hydrogen-bond acceptors (Lipinski definition) is 4. The van der Waals surface area contributed by atoms with Gasteiger partial charge in [-0.15, -0.1) is 0 Å². The van der Waals surface area contributed by atoms with Gasteiger partial charge in [-0.2, -0.15) is 0 Å². The van der Waals surface area contributed by atoms with Crippen molar-refractivity contribution in [1.82, 2.24) is 9.97 Å². The number of aromatic nitrogens is 2. The van der Waals surface area contributed by atoms with Crippen LogP contribution in [0.1, 0.15) is 25.7 Å². The third-order valence-corrected chi connectivity index (χ3v) is 4.72. The van der Waals surface area contributed by atoms with Gasteiger partial charge in [0.2, 0.25) is 5.95 Å². The minimum atomic E-state index is 0.344. The number of anilines is 1. The van der Waals surface area contributed by atoms with Crippen molar-refractivity contribution in [2.75, 3.05) is 24.6 Å². The summed E-state index contributed by atoms with van der Waals surface area (Å²) in [6.07, 6.45) is 6.45. The van der Waals surface area contributed by atoms with Crippen LogP contribution in [-0.4, -0.2) is 34.8 Å². The van der Waals surface area contributed by atoms with Crippen LogP contribution in [0.3, 0.4) is 0 Å². The van der Waals surface area contributed by atoms with Gasteiger partial charge in [0, 0.05) is 25.9 Å². The maximum atomic E-state index is 8.97. The summed E-state index contributed by atoms with van der Waals surface area (Å²) in [6.45, 7) is 2.39. The molecule has 0 aromatic carbocycles. The van der Waals surface area contributed by atoms with E-state index in [9.17, 15) is 0 Å². The Kier molecular flexibility index (Phi) is 3.89. The molecule has 0 bridgehead atoms. The van der Waals surface area contributed by atoms with Crippen molar-refractivity contribution in [2.24, 2.45) is 17.8 Å². The standard InChI is InChI=1S/C14H20ClN3O/c15-13-1-5-16-14(17-13)18-6-2-10(3-7-18)12-9-11(12)4-8-19/h1,5,10-12,19H,2-4,6-9H2/t11-,12-/m1/s1. The molecular weight excluding hydrogens is 262 g/mol. The first-order valence-electron chi connectivity index (χ1n) is 7.12. The molecule has 2 heterocycles. The molecule has 2 fully saturated rings. The van der Waals surface area contributed by atoms with Crippen LogP contribution in [0.4, 0.5) is 5.95 Å². The Morgan fingerprint density at radius 2 is 2.16 bits per heavy atom. The smallest absolute Gasteiger partial charge is 0.226 e. The molecule has 1 saturated carbocycles. The first-order valence-corrected chi connectivity index (χ1v) is 7.50. The molecule has 104 valence electrons. The molecular formula is C14H20ClN3O. The van der Waals surface area contributed by atoms with Gasteiger partial charge in [0.25, 0.3) is 0 Å². The first-order chi connectivity index (χ1) is 9.28. The zero-order chi connectivity index (χ0) is 13.2. The van der Waals surface area contributed by atoms with Gasteiger partial charge in [-0.25, -0.2) is 9.97 Å². The molecule has 5 heteroatoms. The zero-order valence-electron chi connectivity index (χ0n) is 11.0. The molecule has 2 aliphatic rings. The van der Waals surface area contributed by atoms with Crippen LogP contribution in [0.5, 0.6) is 0 Å². The topological polar surface area (TPSA) is 49.2 Å². The second-order valence-corrected chi connectivity index (χ2v) is 6.06. The van der Waals surface area contributed by atoms with Crippen molar-refractivity contribution >= 4 is 17.5 Å². The van der Waals surface area contributed by atoms with Crippen LogP contribution in [0.15, 0.2) is 12.3 Å². The molecule has 0 radical (unpaired) electrons. The molecule has 4 nitrogen and oxygen atoms in total. The highest BCUT2D eigenvalue weighted by Gasteiger charge is 2.42. The molecule has 1 aliphatic heterocycles. The van der Waals surface area contributed by atoms with E-state index in [-0.39, 0.29) is 0 Å². The number of piperidine rings is 1. The molecule has 0 unspecified atom stereocenters. The molecule has 19 heavy (non-hydrogen) atoms. The van der Waals surface area contributed by atoms with Gasteiger partial charge in [0.1, 0.15) is 5.15 Å². The van der Waals surface area contributed by atoms with Crippen molar-refractivity contribution < 1.29 is 5.11 Å². The fourth-order valence-corrected chi connectivity index (χ4v) is 3.49. The Morgan fingerprint density at radius 3 is 2.84 bits per heavy atom. The van der Waals surface area contributed by atoms with Crippen molar-refractivity contribution in [1.29, 1.82) is 0 Å². The Balaban J connectivity index is 1.53. The number of aliphatic hydroxyl groups is 1. The average Bonchev–Trinajstić information content (AvgIpc) is 3.19. The van der Waals surface area contributed by atoms with Crippen LogP contribution in [0, 0.1) is 17.8 Å². The number of nitrogens with zero attached hydrogens (tertiary/aromatic N) is 3. The van der Waals surface area contributed by atoms with Gasteiger partial charge in [-0.3, -0.25) is 0 Å². The molecule has 3 rings (SSSR count). The Morgan fingerprint density at radius 1 is 1.37 bits per heavy atom. The van der Waals surface area contributed by atoms with Gasteiger partial charge < -0.3 is 10.0 Å². The largest absolute Gasteiger partial charge is 0.396 e. The Bertz CT molecular complexity index is 434. The van der Waals surface area contributed by atoms with Crippen molar-refractivity contribution in [3.8, 4) is 0 Å². The van der Waals surface area contributed by atoms with E-state index in [0.29, 0.717) is 11.8 Å². The summed E-state index contributed by atoms with van der Waals surface area (Å²) in [6, 6.07) is 1.71. The van der Waals surface area contributed by atoms with Crippen LogP contribution in [0.2, 0.25) is 5.15 Å². The summed E-state index contributed by atoms with van der Waals surface area (Å²) >= 11 is 5.91. The molecule has 0 spiro atoms. The molecule has 1 aromatic heterocycles. The Labute approximate surface area is 118 Å². The SMILES string of the molecule is OCC[C@@H]1C[C@@H]1C1CCN(c2nccc(Cl)n2)CC1. The second kappa shape index (κ2) is 5.63. The second-order valence-electron chi connectivity index (χ2n) is 5.68. The highest BCUT2D eigenvalue weighted by Crippen LogP contribution is 2.49. The molecule has 1 aromatic rings. The maximum Gasteiger partial charge on any atom is 0.226 e. The lowest BCUT2D eigenvalue weighted by Gasteiger charge is -2.32. The first kappa shape index (κ1) is 13.1. The van der Waals surface area contributed by atoms with E-state index in [4.69, 9.17) is 16.7 Å². The number of aliphatic hydroxyl groups excluding tert-OH is 1. The van der Waals surface area contributed by atoms with Crippen LogP contribution in [0.25, 0.3) is 0 Å². The van der Waals surface area contributed by atoms with Crippen molar-refractivity contribution in [3.05, 3.63) is 17.4 Å². The third kappa shape index (κ3) is 3.00. The van der Waals surface area contributed by atoms with Crippen molar-refractivity contribution in [3.63, 3.8) is 0 Å². The van der Waals surface area contributed by atoms with Gasteiger partial charge in [0.05, 0.1) is 0 Å². The quantitative estimate of drug-likeness (QED) is 0.861. The van der Waals surface area contributed by atoms with Gasteiger partial charge in [-0.1, -0.05) is 11.6 Å². The van der Waals surface area contributed by atoms with Crippen LogP contribution in [-0.2, 0) is 0 Å². The van der Waals surface area contributed by atoms with E-state index < -0.39 is 0 Å². The number of hydrogen-bond donors (Lipinski definition) is 1. The fraction of sp³-hybridized carbons (Fsp3) is 0.714. The van der Waals surface area contributed by atoms with Gasteiger partial charge in [0.15, 0.2) is 0 Å². The van der Waals surface area contributed by atoms with E-state index in [0.717, 1.165) is 43.2 Å². The molecule has 1 N–H and O–H groups in total. The molecule has 2 atom stereocenters. The average molecular weight is 282 g/mol. The van der Waals surface area contributed by atoms with Crippen LogP contribution < -0.4 is 4.90 Å². The van der Waals surface area contributed by atoms with Crippen molar-refractivity contribution in [2.45, 2.75) is 25.7 Å². The Hall–Kier alpha value is -0.870. The van der Waals surface area contributed by atoms with Crippen LogP contribution >= 0.6 is 11.6 Å². The predicted molar refractivity (Wildman–Crippen MR) is 75.3 cm³/mol. The molecule has 0 amide bonds. The lowest BCUT2D eigenvalue weighted by Crippen LogP contribution is -2.35. The summed E-state index contributed by atoms with van der Waals surface area (Å²) in [5.74, 6) is 3.22. The fourth-order valence-electron chi connectivity index (χ4n) is 3.35. The highest BCUT2D eigenvalue weighted by molar-refractivity contribution is 6.29. The number of halogens is 1. The molecule has 1 aliphatic carbocycles. The summed E-state index contributed by atoms with van der Waals surface area (Å²) < 4.78 is 0. The lowest BCUT2D eigenvalue weighted by atomic mass is 9.90. The highest BCUT2D eigenvalue weighted by atomic mass is 35.5. The van der Waals surface area contributed by atoms with E-state index >= 15 is 0 Å². The maximum absolute atomic E-state index is 8.97. The minimum absolute atomic E-state index is 0.344. The van der Waals surface area contributed by atoms with Gasteiger partial charge in [-0.05, 0) is 49.5 Å². The monoisotopic (exact) mass is 281 g/mol. The summed E-state index contributed by atoms with van der Waals surface area (Å²) in [5.41, 5.74) is 0. The minimum Gasteiger partial charge on any atom is -0.396 e. The zero-order valence-corrected chi connectivity index (χ0v) is 11.8. The molecule has 1 saturated heterocycles. The van der Waals surface area contributed by atoms with E-state index in [1.165, 1.54) is 19.3 Å². The van der Waals surface area contributed by atoms with E-state index in [1.54, 1.807) is 12.3 Å². The number of rotatable bonds is 4. The third-order valence-electron chi connectivity index (χ3n) is 4.51. The lowest BCUT2D eigenvalue weighted by molar-refractivity contribution is 0.266. The van der Waals surface area contributed by atoms with E-state index in [2.05, 4.69) is 14.9 Å². The summed E-state index contributed by atoms with van der Waals surface area (Å²) in [4.78, 5) is 10.8. The summed E-state index contributed by atoms with van der Waals surface area (Å²) in [5, 5.41) is 9.48. The predicted octanol–water partition coefficient (Wildman–Crippen LogP) is 2.36. The normalized spacial score (nSPS) is 27.6. The van der Waals surface area contributed by atoms with E-state index in [1.807, 2.05) is 0 Å². The van der Waals surface area contributed by atoms with Gasteiger partial charge >= 0.3 is 0 Å². The summed E-state index contributed by atoms with van der Waals surface area (Å²) in [7, 11) is 0.